The lowest BCUT2D eigenvalue weighted by Gasteiger charge is -2.31. The maximum absolute atomic E-state index is 13.9. The molecule has 0 saturated heterocycles. The number of carboxylic acids is 1. The average Bonchev–Trinajstić information content (AvgIpc) is 2.61. The first-order valence-corrected chi connectivity index (χ1v) is 8.67. The largest absolute Gasteiger partial charge is 0.497 e. The zero-order valence-corrected chi connectivity index (χ0v) is 15.7. The van der Waals surface area contributed by atoms with E-state index < -0.39 is 11.5 Å². The summed E-state index contributed by atoms with van der Waals surface area (Å²) in [4.78, 5) is 24.0. The summed E-state index contributed by atoms with van der Waals surface area (Å²) in [5, 5.41) is 12.1. The molecule has 0 heterocycles. The molecule has 0 fully saturated rings. The maximum Gasteiger partial charge on any atom is 0.306 e. The van der Waals surface area contributed by atoms with Crippen molar-refractivity contribution in [2.75, 3.05) is 7.11 Å². The summed E-state index contributed by atoms with van der Waals surface area (Å²) < 4.78 is 19.1. The smallest absolute Gasteiger partial charge is 0.306 e. The van der Waals surface area contributed by atoms with Gasteiger partial charge < -0.3 is 15.2 Å². The van der Waals surface area contributed by atoms with Crippen LogP contribution in [-0.4, -0.2) is 24.1 Å². The van der Waals surface area contributed by atoms with Crippen LogP contribution in [0.15, 0.2) is 48.5 Å². The number of aliphatic carboxylic acids is 1. The second kappa shape index (κ2) is 8.66. The molecule has 2 N–H and O–H groups in total. The molecule has 0 radical (unpaired) electrons. The van der Waals surface area contributed by atoms with Crippen LogP contribution in [-0.2, 0) is 15.1 Å². The molecule has 2 atom stereocenters. The quantitative estimate of drug-likeness (QED) is 0.737. The molecular formula is C21H24FNO4. The van der Waals surface area contributed by atoms with E-state index in [4.69, 9.17) is 4.74 Å². The van der Waals surface area contributed by atoms with Gasteiger partial charge in [0.15, 0.2) is 0 Å². The van der Waals surface area contributed by atoms with Gasteiger partial charge in [0, 0.05) is 6.42 Å². The monoisotopic (exact) mass is 373 g/mol. The number of carboxylic acid groups (broad SMARTS) is 1. The summed E-state index contributed by atoms with van der Waals surface area (Å²) in [6.45, 7) is 3.42. The van der Waals surface area contributed by atoms with Crippen molar-refractivity contribution < 1.29 is 23.8 Å². The van der Waals surface area contributed by atoms with Crippen LogP contribution in [0.2, 0.25) is 0 Å². The molecule has 5 nitrogen and oxygen atoms in total. The lowest BCUT2D eigenvalue weighted by Crippen LogP contribution is -2.45. The van der Waals surface area contributed by atoms with Gasteiger partial charge in [0.05, 0.1) is 19.1 Å². The summed E-state index contributed by atoms with van der Waals surface area (Å²) in [5.74, 6) is -1.53. The van der Waals surface area contributed by atoms with Crippen LogP contribution in [0.5, 0.6) is 5.75 Å². The Hall–Kier alpha value is -2.89. The first-order chi connectivity index (χ1) is 12.7. The fourth-order valence-electron chi connectivity index (χ4n) is 3.11. The number of carbonyl (C=O) groups is 2. The zero-order chi connectivity index (χ0) is 20.0. The Kier molecular flexibility index (Phi) is 6.55. The van der Waals surface area contributed by atoms with Crippen LogP contribution in [0.25, 0.3) is 0 Å². The highest BCUT2D eigenvalue weighted by Crippen LogP contribution is 2.29. The van der Waals surface area contributed by atoms with Crippen LogP contribution < -0.4 is 10.1 Å². The highest BCUT2D eigenvalue weighted by molar-refractivity contribution is 5.79. The third kappa shape index (κ3) is 5.29. The van der Waals surface area contributed by atoms with E-state index in [-0.39, 0.29) is 30.5 Å². The van der Waals surface area contributed by atoms with Crippen LogP contribution in [0.1, 0.15) is 43.7 Å². The molecule has 0 aliphatic rings. The lowest BCUT2D eigenvalue weighted by atomic mass is 9.87. The van der Waals surface area contributed by atoms with Gasteiger partial charge in [0.1, 0.15) is 11.6 Å². The maximum atomic E-state index is 13.9. The molecule has 27 heavy (non-hydrogen) atoms. The minimum absolute atomic E-state index is 0.0418. The number of amides is 1. The number of hydrogen-bond donors (Lipinski definition) is 2. The number of methoxy groups -OCH3 is 1. The summed E-state index contributed by atoms with van der Waals surface area (Å²) in [5.41, 5.74) is -0.0445. The predicted molar refractivity (Wildman–Crippen MR) is 100 cm³/mol. The number of ether oxygens (including phenoxy) is 1. The SMILES string of the molecule is COc1cccc(C(C)(CC(=O)O)NC(=O)CC(C)c2ccccc2F)c1. The number of benzene rings is 2. The second-order valence-corrected chi connectivity index (χ2v) is 6.81. The minimum Gasteiger partial charge on any atom is -0.497 e. The Morgan fingerprint density at radius 1 is 1.22 bits per heavy atom. The van der Waals surface area contributed by atoms with E-state index in [1.54, 1.807) is 56.3 Å². The average molecular weight is 373 g/mol. The summed E-state index contributed by atoms with van der Waals surface area (Å²) in [6.07, 6.45) is -0.250. The fourth-order valence-corrected chi connectivity index (χ4v) is 3.11. The molecular weight excluding hydrogens is 349 g/mol. The summed E-state index contributed by atoms with van der Waals surface area (Å²) in [7, 11) is 1.52. The van der Waals surface area contributed by atoms with Gasteiger partial charge in [0.25, 0.3) is 0 Å². The predicted octanol–water partition coefficient (Wildman–Crippen LogP) is 3.83. The van der Waals surface area contributed by atoms with Crippen molar-refractivity contribution in [2.24, 2.45) is 0 Å². The number of hydrogen-bond acceptors (Lipinski definition) is 3. The summed E-state index contributed by atoms with van der Waals surface area (Å²) in [6, 6.07) is 13.2. The van der Waals surface area contributed by atoms with E-state index in [0.717, 1.165) is 0 Å². The van der Waals surface area contributed by atoms with Gasteiger partial charge >= 0.3 is 5.97 Å². The molecule has 6 heteroatoms. The van der Waals surface area contributed by atoms with Crippen LogP contribution >= 0.6 is 0 Å². The third-order valence-corrected chi connectivity index (χ3v) is 4.55. The molecule has 2 unspecified atom stereocenters. The number of halogens is 1. The fraction of sp³-hybridized carbons (Fsp3) is 0.333. The van der Waals surface area contributed by atoms with Gasteiger partial charge in [-0.05, 0) is 42.2 Å². The Morgan fingerprint density at radius 2 is 1.93 bits per heavy atom. The van der Waals surface area contributed by atoms with E-state index in [0.29, 0.717) is 16.9 Å². The first kappa shape index (κ1) is 20.4. The highest BCUT2D eigenvalue weighted by atomic mass is 19.1. The molecule has 0 aliphatic heterocycles. The molecule has 2 aromatic rings. The normalized spacial score (nSPS) is 14.1. The molecule has 0 aromatic heterocycles. The number of carbonyl (C=O) groups excluding carboxylic acids is 1. The Labute approximate surface area is 158 Å². The molecule has 0 bridgehead atoms. The molecule has 0 spiro atoms. The Bertz CT molecular complexity index is 823. The van der Waals surface area contributed by atoms with Gasteiger partial charge in [-0.1, -0.05) is 37.3 Å². The van der Waals surface area contributed by atoms with E-state index in [2.05, 4.69) is 5.32 Å². The minimum atomic E-state index is -1.12. The van der Waals surface area contributed by atoms with Gasteiger partial charge in [0.2, 0.25) is 5.91 Å². The van der Waals surface area contributed by atoms with Crippen molar-refractivity contribution in [2.45, 2.75) is 38.1 Å². The van der Waals surface area contributed by atoms with Crippen molar-refractivity contribution >= 4 is 11.9 Å². The molecule has 0 saturated carbocycles. The van der Waals surface area contributed by atoms with Crippen LogP contribution in [0.4, 0.5) is 4.39 Å². The number of rotatable bonds is 8. The molecule has 2 rings (SSSR count). The first-order valence-electron chi connectivity index (χ1n) is 8.67. The topological polar surface area (TPSA) is 75.6 Å². The molecule has 144 valence electrons. The molecule has 1 amide bonds. The van der Waals surface area contributed by atoms with E-state index in [1.807, 2.05) is 0 Å². The lowest BCUT2D eigenvalue weighted by molar-refractivity contribution is -0.139. The third-order valence-electron chi connectivity index (χ3n) is 4.55. The summed E-state index contributed by atoms with van der Waals surface area (Å²) >= 11 is 0. The van der Waals surface area contributed by atoms with Crippen molar-refractivity contribution in [3.63, 3.8) is 0 Å². The highest BCUT2D eigenvalue weighted by Gasteiger charge is 2.32. The van der Waals surface area contributed by atoms with Gasteiger partial charge in [-0.2, -0.15) is 0 Å². The van der Waals surface area contributed by atoms with Gasteiger partial charge in [-0.3, -0.25) is 9.59 Å². The van der Waals surface area contributed by atoms with Crippen molar-refractivity contribution in [1.29, 1.82) is 0 Å². The van der Waals surface area contributed by atoms with E-state index >= 15 is 0 Å². The van der Waals surface area contributed by atoms with Crippen molar-refractivity contribution in [1.82, 2.24) is 5.32 Å². The number of nitrogens with one attached hydrogen (secondary N) is 1. The van der Waals surface area contributed by atoms with Crippen molar-refractivity contribution in [3.05, 3.63) is 65.5 Å². The Morgan fingerprint density at radius 3 is 2.56 bits per heavy atom. The van der Waals surface area contributed by atoms with Crippen LogP contribution in [0.3, 0.4) is 0 Å². The van der Waals surface area contributed by atoms with Crippen molar-refractivity contribution in [3.8, 4) is 5.75 Å². The Balaban J connectivity index is 2.21. The van der Waals surface area contributed by atoms with Gasteiger partial charge in [-0.15, -0.1) is 0 Å². The van der Waals surface area contributed by atoms with Crippen LogP contribution in [0, 0.1) is 5.82 Å². The van der Waals surface area contributed by atoms with E-state index in [9.17, 15) is 19.1 Å². The zero-order valence-electron chi connectivity index (χ0n) is 15.7. The standard InChI is InChI=1S/C21H24FNO4/c1-14(17-9-4-5-10-18(17)22)11-19(24)23-21(2,13-20(25)26)15-7-6-8-16(12-15)27-3/h4-10,12,14H,11,13H2,1-3H3,(H,23,24)(H,25,26). The molecule has 2 aromatic carbocycles. The molecule has 0 aliphatic carbocycles. The van der Waals surface area contributed by atoms with E-state index in [1.165, 1.54) is 13.2 Å². The second-order valence-electron chi connectivity index (χ2n) is 6.81. The van der Waals surface area contributed by atoms with Gasteiger partial charge in [-0.25, -0.2) is 4.39 Å².